The molecule has 0 aliphatic carbocycles. The largest absolute Gasteiger partial charge is 0.326 e. The molecule has 6 nitrogen and oxygen atoms in total. The molecule has 4 rings (SSSR count). The molecule has 0 aromatic heterocycles. The third-order valence-electron chi connectivity index (χ3n) is 6.31. The average Bonchev–Trinajstić information content (AvgIpc) is 2.85. The molecule has 8 heteroatoms. The zero-order chi connectivity index (χ0) is 24.8. The Morgan fingerprint density at radius 2 is 1.71 bits per heavy atom. The molecule has 0 spiro atoms. The van der Waals surface area contributed by atoms with Crippen LogP contribution in [0.1, 0.15) is 42.4 Å². The molecule has 0 saturated carbocycles. The van der Waals surface area contributed by atoms with Gasteiger partial charge >= 0.3 is 0 Å². The maximum Gasteiger partial charge on any atom is 0.240 e. The number of piperidine rings is 1. The van der Waals surface area contributed by atoms with E-state index in [1.165, 1.54) is 24.6 Å². The highest BCUT2D eigenvalue weighted by molar-refractivity contribution is 7.89. The summed E-state index contributed by atoms with van der Waals surface area (Å²) < 4.78 is 28.1. The molecule has 0 atom stereocenters. The molecule has 1 saturated heterocycles. The van der Waals surface area contributed by atoms with E-state index in [0.717, 1.165) is 48.6 Å². The first-order valence-electron chi connectivity index (χ1n) is 11.7. The summed E-state index contributed by atoms with van der Waals surface area (Å²) in [6.07, 6.45) is 2.11. The molecule has 3 aromatic rings. The molecule has 0 radical (unpaired) electrons. The van der Waals surface area contributed by atoms with E-state index < -0.39 is 10.0 Å². The summed E-state index contributed by atoms with van der Waals surface area (Å²) >= 11 is 6.32. The third-order valence-corrected chi connectivity index (χ3v) is 8.10. The van der Waals surface area contributed by atoms with Crippen molar-refractivity contribution in [2.24, 2.45) is 0 Å². The van der Waals surface area contributed by atoms with E-state index in [9.17, 15) is 13.2 Å². The predicted molar refractivity (Wildman–Crippen MR) is 140 cm³/mol. The van der Waals surface area contributed by atoms with Gasteiger partial charge in [-0.1, -0.05) is 54.1 Å². The van der Waals surface area contributed by atoms with Gasteiger partial charge in [0.2, 0.25) is 15.9 Å². The fourth-order valence-corrected chi connectivity index (χ4v) is 5.64. The number of carbonyl (C=O) groups is 1. The van der Waals surface area contributed by atoms with E-state index in [-0.39, 0.29) is 17.3 Å². The average molecular weight is 512 g/mol. The van der Waals surface area contributed by atoms with Gasteiger partial charge in [-0.15, -0.1) is 0 Å². The molecule has 1 aliphatic heterocycles. The van der Waals surface area contributed by atoms with Gasteiger partial charge < -0.3 is 5.32 Å². The highest BCUT2D eigenvalue weighted by atomic mass is 35.5. The van der Waals surface area contributed by atoms with Gasteiger partial charge in [0, 0.05) is 30.7 Å². The summed E-state index contributed by atoms with van der Waals surface area (Å²) in [6.45, 7) is 4.49. The molecule has 1 fully saturated rings. The summed E-state index contributed by atoms with van der Waals surface area (Å²) in [4.78, 5) is 13.7. The predicted octanol–water partition coefficient (Wildman–Crippen LogP) is 5.16. The van der Waals surface area contributed by atoms with Crippen molar-refractivity contribution in [3.63, 3.8) is 0 Å². The number of rotatable bonds is 8. The van der Waals surface area contributed by atoms with E-state index in [1.807, 2.05) is 30.3 Å². The topological polar surface area (TPSA) is 78.5 Å². The Morgan fingerprint density at radius 3 is 2.40 bits per heavy atom. The van der Waals surface area contributed by atoms with E-state index in [4.69, 9.17) is 11.6 Å². The molecule has 0 bridgehead atoms. The van der Waals surface area contributed by atoms with Crippen LogP contribution in [0, 0.1) is 0 Å². The van der Waals surface area contributed by atoms with Crippen LogP contribution in [-0.4, -0.2) is 32.3 Å². The number of likely N-dealkylation sites (tertiary alicyclic amines) is 1. The number of carbonyl (C=O) groups excluding carboxylic acids is 1. The van der Waals surface area contributed by atoms with Crippen LogP contribution in [0.4, 0.5) is 5.69 Å². The van der Waals surface area contributed by atoms with E-state index in [0.29, 0.717) is 11.6 Å². The first-order chi connectivity index (χ1) is 16.8. The standard InChI is InChI=1S/C27H30ClN3O3S/c1-20(32)30-25-9-11-26(12-10-25)35(33,34)29-18-21-5-4-7-23(17-21)22-13-15-31(16-14-22)19-24-6-2-3-8-27(24)28/h2-12,17,22,29H,13-16,18-19H2,1H3,(H,30,32). The number of nitrogens with zero attached hydrogens (tertiary/aromatic N) is 1. The Labute approximate surface area is 212 Å². The highest BCUT2D eigenvalue weighted by Crippen LogP contribution is 2.30. The van der Waals surface area contributed by atoms with Crippen LogP contribution in [0.2, 0.25) is 5.02 Å². The molecule has 35 heavy (non-hydrogen) atoms. The minimum Gasteiger partial charge on any atom is -0.326 e. The molecular weight excluding hydrogens is 482 g/mol. The van der Waals surface area contributed by atoms with Gasteiger partial charge in [0.1, 0.15) is 0 Å². The van der Waals surface area contributed by atoms with Crippen LogP contribution in [0.3, 0.4) is 0 Å². The van der Waals surface area contributed by atoms with E-state index >= 15 is 0 Å². The summed E-state index contributed by atoms with van der Waals surface area (Å²) in [6, 6.07) is 22.3. The first-order valence-corrected chi connectivity index (χ1v) is 13.6. The number of nitrogens with one attached hydrogen (secondary N) is 2. The molecule has 184 valence electrons. The maximum absolute atomic E-state index is 12.7. The third kappa shape index (κ3) is 6.92. The molecule has 0 unspecified atom stereocenters. The number of amides is 1. The van der Waals surface area contributed by atoms with Gasteiger partial charge in [-0.2, -0.15) is 0 Å². The number of sulfonamides is 1. The monoisotopic (exact) mass is 511 g/mol. The second-order valence-electron chi connectivity index (χ2n) is 8.92. The molecule has 2 N–H and O–H groups in total. The zero-order valence-corrected chi connectivity index (χ0v) is 21.3. The van der Waals surface area contributed by atoms with Crippen molar-refractivity contribution in [1.82, 2.24) is 9.62 Å². The van der Waals surface area contributed by atoms with Gasteiger partial charge in [-0.25, -0.2) is 13.1 Å². The SMILES string of the molecule is CC(=O)Nc1ccc(S(=O)(=O)NCc2cccc(C3CCN(Cc4ccccc4Cl)CC3)c2)cc1. The van der Waals surface area contributed by atoms with Crippen LogP contribution < -0.4 is 10.0 Å². The van der Waals surface area contributed by atoms with Crippen LogP contribution >= 0.6 is 11.6 Å². The molecule has 1 amide bonds. The summed E-state index contributed by atoms with van der Waals surface area (Å²) in [7, 11) is -3.66. The van der Waals surface area contributed by atoms with Crippen LogP contribution in [0.25, 0.3) is 0 Å². The van der Waals surface area contributed by atoms with Gasteiger partial charge in [0.15, 0.2) is 0 Å². The van der Waals surface area contributed by atoms with Crippen molar-refractivity contribution in [2.45, 2.75) is 43.7 Å². The van der Waals surface area contributed by atoms with Crippen molar-refractivity contribution in [3.05, 3.63) is 94.5 Å². The second-order valence-corrected chi connectivity index (χ2v) is 11.1. The fourth-order valence-electron chi connectivity index (χ4n) is 4.43. The van der Waals surface area contributed by atoms with Crippen molar-refractivity contribution in [2.75, 3.05) is 18.4 Å². The Morgan fingerprint density at radius 1 is 1.00 bits per heavy atom. The number of hydrogen-bond acceptors (Lipinski definition) is 4. The van der Waals surface area contributed by atoms with E-state index in [1.54, 1.807) is 12.1 Å². The summed E-state index contributed by atoms with van der Waals surface area (Å²) in [5.41, 5.74) is 3.90. The van der Waals surface area contributed by atoms with Crippen LogP contribution in [0.5, 0.6) is 0 Å². The molecule has 3 aromatic carbocycles. The van der Waals surface area contributed by atoms with Crippen molar-refractivity contribution in [1.29, 1.82) is 0 Å². The van der Waals surface area contributed by atoms with Gasteiger partial charge in [0.25, 0.3) is 0 Å². The lowest BCUT2D eigenvalue weighted by molar-refractivity contribution is -0.114. The number of halogens is 1. The minimum atomic E-state index is -3.66. The van der Waals surface area contributed by atoms with Crippen LogP contribution in [-0.2, 0) is 27.9 Å². The fraction of sp³-hybridized carbons (Fsp3) is 0.296. The second kappa shape index (κ2) is 11.4. The van der Waals surface area contributed by atoms with Crippen molar-refractivity contribution < 1.29 is 13.2 Å². The lowest BCUT2D eigenvalue weighted by Crippen LogP contribution is -2.32. The van der Waals surface area contributed by atoms with Crippen molar-refractivity contribution in [3.8, 4) is 0 Å². The highest BCUT2D eigenvalue weighted by Gasteiger charge is 2.21. The Bertz CT molecular complexity index is 1270. The lowest BCUT2D eigenvalue weighted by atomic mass is 9.88. The Kier molecular flexibility index (Phi) is 8.23. The minimum absolute atomic E-state index is 0.161. The van der Waals surface area contributed by atoms with Gasteiger partial charge in [-0.3, -0.25) is 9.69 Å². The van der Waals surface area contributed by atoms with Gasteiger partial charge in [-0.05, 0) is 78.9 Å². The van der Waals surface area contributed by atoms with Gasteiger partial charge in [0.05, 0.1) is 4.90 Å². The number of benzene rings is 3. The van der Waals surface area contributed by atoms with Crippen molar-refractivity contribution >= 4 is 33.2 Å². The number of anilines is 1. The smallest absolute Gasteiger partial charge is 0.240 e. The molecule has 1 heterocycles. The maximum atomic E-state index is 12.7. The molecular formula is C27H30ClN3O3S. The zero-order valence-electron chi connectivity index (χ0n) is 19.7. The lowest BCUT2D eigenvalue weighted by Gasteiger charge is -2.32. The molecule has 1 aliphatic rings. The quantitative estimate of drug-likeness (QED) is 0.438. The Balaban J connectivity index is 1.33. The number of hydrogen-bond donors (Lipinski definition) is 2. The Hall–Kier alpha value is -2.71. The van der Waals surface area contributed by atoms with Crippen LogP contribution in [0.15, 0.2) is 77.7 Å². The normalized spacial score (nSPS) is 15.1. The first kappa shape index (κ1) is 25.4. The summed E-state index contributed by atoms with van der Waals surface area (Å²) in [5.74, 6) is 0.250. The van der Waals surface area contributed by atoms with E-state index in [2.05, 4.69) is 33.1 Å². The summed E-state index contributed by atoms with van der Waals surface area (Å²) in [5, 5.41) is 3.45.